The van der Waals surface area contributed by atoms with Crippen LogP contribution in [-0.2, 0) is 0 Å². The van der Waals surface area contributed by atoms with Gasteiger partial charge in [0, 0.05) is 12.5 Å². The molecule has 0 fully saturated rings. The SMILES string of the molecule is CC(=O)c1ccc(-c2cc(F)ccc2Cl)o1. The highest BCUT2D eigenvalue weighted by atomic mass is 35.5. The number of furan rings is 1. The van der Waals surface area contributed by atoms with E-state index in [2.05, 4.69) is 0 Å². The molecule has 4 heteroatoms. The van der Waals surface area contributed by atoms with Crippen molar-refractivity contribution in [1.82, 2.24) is 0 Å². The second kappa shape index (κ2) is 4.10. The summed E-state index contributed by atoms with van der Waals surface area (Å²) in [6.07, 6.45) is 0. The molecule has 0 radical (unpaired) electrons. The van der Waals surface area contributed by atoms with Crippen molar-refractivity contribution in [2.45, 2.75) is 6.92 Å². The predicted molar refractivity (Wildman–Crippen MR) is 59.1 cm³/mol. The minimum absolute atomic E-state index is 0.182. The summed E-state index contributed by atoms with van der Waals surface area (Å²) in [6, 6.07) is 7.12. The lowest BCUT2D eigenvalue weighted by Crippen LogP contribution is -1.86. The minimum atomic E-state index is -0.403. The Kier molecular flexibility index (Phi) is 2.79. The summed E-state index contributed by atoms with van der Waals surface area (Å²) in [4.78, 5) is 11.0. The first kappa shape index (κ1) is 10.9. The Labute approximate surface area is 96.6 Å². The van der Waals surface area contributed by atoms with E-state index in [1.165, 1.54) is 25.1 Å². The van der Waals surface area contributed by atoms with Crippen LogP contribution in [0.3, 0.4) is 0 Å². The van der Waals surface area contributed by atoms with Crippen LogP contribution >= 0.6 is 11.6 Å². The van der Waals surface area contributed by atoms with E-state index in [1.54, 1.807) is 12.1 Å². The van der Waals surface area contributed by atoms with E-state index in [0.717, 1.165) is 0 Å². The van der Waals surface area contributed by atoms with E-state index in [1.807, 2.05) is 0 Å². The topological polar surface area (TPSA) is 30.2 Å². The van der Waals surface area contributed by atoms with Gasteiger partial charge in [-0.2, -0.15) is 0 Å². The molecular weight excluding hydrogens is 231 g/mol. The molecule has 0 unspecified atom stereocenters. The zero-order valence-corrected chi connectivity index (χ0v) is 9.22. The Bertz CT molecular complexity index is 546. The lowest BCUT2D eigenvalue weighted by atomic mass is 10.2. The number of benzene rings is 1. The van der Waals surface area contributed by atoms with Crippen LogP contribution in [0.4, 0.5) is 4.39 Å². The Morgan fingerprint density at radius 3 is 2.69 bits per heavy atom. The largest absolute Gasteiger partial charge is 0.453 e. The van der Waals surface area contributed by atoms with E-state index >= 15 is 0 Å². The molecule has 0 N–H and O–H groups in total. The Morgan fingerprint density at radius 1 is 1.31 bits per heavy atom. The van der Waals surface area contributed by atoms with Crippen LogP contribution in [0.25, 0.3) is 11.3 Å². The molecule has 2 aromatic rings. The van der Waals surface area contributed by atoms with Crippen LogP contribution in [0.2, 0.25) is 5.02 Å². The van der Waals surface area contributed by atoms with Gasteiger partial charge >= 0.3 is 0 Å². The van der Waals surface area contributed by atoms with Gasteiger partial charge in [-0.3, -0.25) is 4.79 Å². The standard InChI is InChI=1S/C12H8ClFO2/c1-7(15)11-4-5-12(16-11)9-6-8(14)2-3-10(9)13/h2-6H,1H3. The smallest absolute Gasteiger partial charge is 0.194 e. The van der Waals surface area contributed by atoms with Crippen LogP contribution in [0.15, 0.2) is 34.7 Å². The molecule has 2 nitrogen and oxygen atoms in total. The summed E-state index contributed by atoms with van der Waals surface area (Å²) in [5, 5.41) is 0.380. The third-order valence-corrected chi connectivity index (χ3v) is 2.48. The van der Waals surface area contributed by atoms with Gasteiger partial charge in [0.2, 0.25) is 0 Å². The lowest BCUT2D eigenvalue weighted by Gasteiger charge is -2.00. The molecule has 82 valence electrons. The van der Waals surface area contributed by atoms with E-state index in [4.69, 9.17) is 16.0 Å². The Hall–Kier alpha value is -1.61. The van der Waals surface area contributed by atoms with Gasteiger partial charge in [0.15, 0.2) is 11.5 Å². The highest BCUT2D eigenvalue weighted by molar-refractivity contribution is 6.33. The molecule has 0 atom stereocenters. The second-order valence-corrected chi connectivity index (χ2v) is 3.75. The zero-order valence-electron chi connectivity index (χ0n) is 8.46. The van der Waals surface area contributed by atoms with Crippen molar-refractivity contribution in [3.63, 3.8) is 0 Å². The molecule has 0 aliphatic heterocycles. The summed E-state index contributed by atoms with van der Waals surface area (Å²) in [6.45, 7) is 1.40. The normalized spacial score (nSPS) is 10.4. The predicted octanol–water partition coefficient (Wildman–Crippen LogP) is 3.94. The highest BCUT2D eigenvalue weighted by Gasteiger charge is 2.11. The highest BCUT2D eigenvalue weighted by Crippen LogP contribution is 2.30. The van der Waals surface area contributed by atoms with Gasteiger partial charge in [0.25, 0.3) is 0 Å². The van der Waals surface area contributed by atoms with Gasteiger partial charge in [0.05, 0.1) is 5.02 Å². The number of carbonyl (C=O) groups is 1. The van der Waals surface area contributed by atoms with Crippen LogP contribution in [0, 0.1) is 5.82 Å². The number of halogens is 2. The molecule has 1 aromatic carbocycles. The van der Waals surface area contributed by atoms with Gasteiger partial charge in [-0.25, -0.2) is 4.39 Å². The van der Waals surface area contributed by atoms with Crippen molar-refractivity contribution in [3.05, 3.63) is 46.9 Å². The molecule has 16 heavy (non-hydrogen) atoms. The molecule has 2 rings (SSSR count). The van der Waals surface area contributed by atoms with Crippen molar-refractivity contribution in [1.29, 1.82) is 0 Å². The first-order valence-electron chi connectivity index (χ1n) is 4.64. The molecule has 1 heterocycles. The number of Topliss-reactive ketones (excluding diaryl/α,β-unsaturated/α-hetero) is 1. The number of rotatable bonds is 2. The summed E-state index contributed by atoms with van der Waals surface area (Å²) in [5.74, 6) is 0.0315. The molecule has 0 spiro atoms. The van der Waals surface area contributed by atoms with Gasteiger partial charge in [-0.15, -0.1) is 0 Å². The van der Waals surface area contributed by atoms with Gasteiger partial charge in [0.1, 0.15) is 11.6 Å². The third-order valence-electron chi connectivity index (χ3n) is 2.15. The van der Waals surface area contributed by atoms with E-state index < -0.39 is 5.82 Å². The number of ketones is 1. The number of hydrogen-bond acceptors (Lipinski definition) is 2. The summed E-state index contributed by atoms with van der Waals surface area (Å²) in [5.41, 5.74) is 0.439. The molecule has 0 amide bonds. The first-order valence-corrected chi connectivity index (χ1v) is 5.02. The van der Waals surface area contributed by atoms with Gasteiger partial charge in [-0.1, -0.05) is 11.6 Å². The van der Waals surface area contributed by atoms with Crippen molar-refractivity contribution in [3.8, 4) is 11.3 Å². The number of hydrogen-bond donors (Lipinski definition) is 0. The maximum absolute atomic E-state index is 13.0. The summed E-state index contributed by atoms with van der Waals surface area (Å²) >= 11 is 5.91. The van der Waals surface area contributed by atoms with Crippen LogP contribution in [0.1, 0.15) is 17.5 Å². The second-order valence-electron chi connectivity index (χ2n) is 3.34. The van der Waals surface area contributed by atoms with Crippen LogP contribution in [-0.4, -0.2) is 5.78 Å². The van der Waals surface area contributed by atoms with Crippen molar-refractivity contribution < 1.29 is 13.6 Å². The maximum Gasteiger partial charge on any atom is 0.194 e. The lowest BCUT2D eigenvalue weighted by molar-refractivity contribution is 0.0988. The molecule has 1 aromatic heterocycles. The third kappa shape index (κ3) is 1.99. The van der Waals surface area contributed by atoms with Crippen molar-refractivity contribution >= 4 is 17.4 Å². The van der Waals surface area contributed by atoms with E-state index in [9.17, 15) is 9.18 Å². The molecule has 0 bridgehead atoms. The average molecular weight is 239 g/mol. The quantitative estimate of drug-likeness (QED) is 0.742. The van der Waals surface area contributed by atoms with E-state index in [0.29, 0.717) is 16.3 Å². The molecule has 0 aliphatic rings. The fourth-order valence-electron chi connectivity index (χ4n) is 1.36. The van der Waals surface area contributed by atoms with E-state index in [-0.39, 0.29) is 11.5 Å². The fraction of sp³-hybridized carbons (Fsp3) is 0.0833. The summed E-state index contributed by atoms with van der Waals surface area (Å²) < 4.78 is 18.3. The molecule has 0 saturated carbocycles. The van der Waals surface area contributed by atoms with Gasteiger partial charge in [-0.05, 0) is 30.3 Å². The van der Waals surface area contributed by atoms with Crippen molar-refractivity contribution in [2.24, 2.45) is 0 Å². The van der Waals surface area contributed by atoms with Gasteiger partial charge < -0.3 is 4.42 Å². The zero-order chi connectivity index (χ0) is 11.7. The van der Waals surface area contributed by atoms with Crippen LogP contribution in [0.5, 0.6) is 0 Å². The molecular formula is C12H8ClFO2. The molecule has 0 aliphatic carbocycles. The monoisotopic (exact) mass is 238 g/mol. The Balaban J connectivity index is 2.50. The van der Waals surface area contributed by atoms with Crippen molar-refractivity contribution in [2.75, 3.05) is 0 Å². The minimum Gasteiger partial charge on any atom is -0.453 e. The van der Waals surface area contributed by atoms with Crippen LogP contribution < -0.4 is 0 Å². The first-order chi connectivity index (χ1) is 7.58. The number of carbonyl (C=O) groups excluding carboxylic acids is 1. The molecule has 0 saturated heterocycles. The summed E-state index contributed by atoms with van der Waals surface area (Å²) in [7, 11) is 0. The average Bonchev–Trinajstić information content (AvgIpc) is 2.70. The fourth-order valence-corrected chi connectivity index (χ4v) is 1.57. The Morgan fingerprint density at radius 2 is 2.06 bits per heavy atom. The maximum atomic E-state index is 13.0.